The van der Waals surface area contributed by atoms with Crippen molar-refractivity contribution in [1.82, 2.24) is 0 Å². The standard InChI is InChI=1S/C19H16O5/c1-12(19(21)14-4-7-15(22-2)8-5-14)23-16-9-3-13-6-10-18(20)24-17(13)11-16/h3-12H,1-2H3/t12-/m1/s1. The van der Waals surface area contributed by atoms with Crippen LogP contribution >= 0.6 is 0 Å². The Hall–Kier alpha value is -3.08. The number of carbonyl (C=O) groups is 1. The zero-order valence-electron chi connectivity index (χ0n) is 13.3. The molecular weight excluding hydrogens is 308 g/mol. The fourth-order valence-corrected chi connectivity index (χ4v) is 2.36. The van der Waals surface area contributed by atoms with Gasteiger partial charge in [-0.3, -0.25) is 4.79 Å². The molecule has 0 N–H and O–H groups in total. The molecule has 1 aromatic heterocycles. The van der Waals surface area contributed by atoms with Gasteiger partial charge in [0.2, 0.25) is 5.78 Å². The van der Waals surface area contributed by atoms with Gasteiger partial charge >= 0.3 is 5.63 Å². The van der Waals surface area contributed by atoms with Gasteiger partial charge < -0.3 is 13.9 Å². The summed E-state index contributed by atoms with van der Waals surface area (Å²) in [5.41, 5.74) is 0.529. The number of rotatable bonds is 5. The molecule has 5 nitrogen and oxygen atoms in total. The molecule has 1 heterocycles. The number of hydrogen-bond donors (Lipinski definition) is 0. The van der Waals surface area contributed by atoms with Crippen molar-refractivity contribution in [1.29, 1.82) is 0 Å². The van der Waals surface area contributed by atoms with Crippen LogP contribution in [0.3, 0.4) is 0 Å². The summed E-state index contributed by atoms with van der Waals surface area (Å²) in [6.07, 6.45) is -0.675. The highest BCUT2D eigenvalue weighted by atomic mass is 16.5. The second-order valence-corrected chi connectivity index (χ2v) is 5.31. The lowest BCUT2D eigenvalue weighted by Gasteiger charge is -2.14. The summed E-state index contributed by atoms with van der Waals surface area (Å²) in [5, 5.41) is 0.788. The summed E-state index contributed by atoms with van der Waals surface area (Å²) in [6.45, 7) is 1.68. The zero-order valence-corrected chi connectivity index (χ0v) is 13.3. The highest BCUT2D eigenvalue weighted by Gasteiger charge is 2.17. The first-order chi connectivity index (χ1) is 11.6. The minimum Gasteiger partial charge on any atom is -0.497 e. The summed E-state index contributed by atoms with van der Waals surface area (Å²) in [7, 11) is 1.57. The van der Waals surface area contributed by atoms with E-state index in [9.17, 15) is 9.59 Å². The van der Waals surface area contributed by atoms with E-state index in [0.29, 0.717) is 22.6 Å². The fourth-order valence-electron chi connectivity index (χ4n) is 2.36. The van der Waals surface area contributed by atoms with Crippen LogP contribution in [-0.4, -0.2) is 19.0 Å². The van der Waals surface area contributed by atoms with E-state index >= 15 is 0 Å². The number of methoxy groups -OCH3 is 1. The molecule has 1 atom stereocenters. The molecular formula is C19H16O5. The van der Waals surface area contributed by atoms with Crippen molar-refractivity contribution < 1.29 is 18.7 Å². The van der Waals surface area contributed by atoms with E-state index in [1.807, 2.05) is 0 Å². The molecule has 5 heteroatoms. The van der Waals surface area contributed by atoms with Crippen molar-refractivity contribution in [3.05, 3.63) is 70.6 Å². The van der Waals surface area contributed by atoms with E-state index < -0.39 is 11.7 Å². The van der Waals surface area contributed by atoms with Crippen LogP contribution in [0.15, 0.2) is 63.8 Å². The Balaban J connectivity index is 1.79. The Bertz CT molecular complexity index is 924. The quantitative estimate of drug-likeness (QED) is 0.531. The molecule has 0 spiro atoms. The smallest absolute Gasteiger partial charge is 0.336 e. The van der Waals surface area contributed by atoms with E-state index in [4.69, 9.17) is 13.9 Å². The van der Waals surface area contributed by atoms with E-state index in [-0.39, 0.29) is 5.78 Å². The van der Waals surface area contributed by atoms with Crippen LogP contribution in [0.1, 0.15) is 17.3 Å². The SMILES string of the molecule is COc1ccc(C(=O)[C@@H](C)Oc2ccc3ccc(=O)oc3c2)cc1. The van der Waals surface area contributed by atoms with Gasteiger partial charge in [-0.05, 0) is 49.4 Å². The van der Waals surface area contributed by atoms with Gasteiger partial charge in [0.1, 0.15) is 17.1 Å². The zero-order chi connectivity index (χ0) is 17.1. The average molecular weight is 324 g/mol. The number of carbonyl (C=O) groups excluding carboxylic acids is 1. The molecule has 3 aromatic rings. The Morgan fingerprint density at radius 3 is 2.38 bits per heavy atom. The van der Waals surface area contributed by atoms with Crippen molar-refractivity contribution in [3.8, 4) is 11.5 Å². The minimum atomic E-state index is -0.675. The van der Waals surface area contributed by atoms with E-state index in [0.717, 1.165) is 5.39 Å². The van der Waals surface area contributed by atoms with E-state index in [1.54, 1.807) is 62.6 Å². The normalized spacial score (nSPS) is 11.9. The number of Topliss-reactive ketones (excluding diaryl/α,β-unsaturated/α-hetero) is 1. The molecule has 0 fully saturated rings. The van der Waals surface area contributed by atoms with E-state index in [2.05, 4.69) is 0 Å². The molecule has 0 unspecified atom stereocenters. The maximum Gasteiger partial charge on any atom is 0.336 e. The summed E-state index contributed by atoms with van der Waals surface area (Å²) in [4.78, 5) is 23.7. The summed E-state index contributed by atoms with van der Waals surface area (Å²) < 4.78 is 15.9. The van der Waals surface area contributed by atoms with Crippen LogP contribution in [0.5, 0.6) is 11.5 Å². The van der Waals surface area contributed by atoms with Crippen LogP contribution in [0, 0.1) is 0 Å². The second kappa shape index (κ2) is 6.58. The van der Waals surface area contributed by atoms with Gasteiger partial charge in [0, 0.05) is 23.1 Å². The number of hydrogen-bond acceptors (Lipinski definition) is 5. The third-order valence-corrected chi connectivity index (χ3v) is 3.65. The third-order valence-electron chi connectivity index (χ3n) is 3.65. The number of benzene rings is 2. The highest BCUT2D eigenvalue weighted by molar-refractivity contribution is 5.99. The van der Waals surface area contributed by atoms with Crippen molar-refractivity contribution in [2.75, 3.05) is 7.11 Å². The first-order valence-electron chi connectivity index (χ1n) is 7.45. The summed E-state index contributed by atoms with van der Waals surface area (Å²) in [6, 6.07) is 15.0. The van der Waals surface area contributed by atoms with Crippen LogP contribution in [0.4, 0.5) is 0 Å². The lowest BCUT2D eigenvalue weighted by atomic mass is 10.1. The molecule has 122 valence electrons. The van der Waals surface area contributed by atoms with Gasteiger partial charge in [0.25, 0.3) is 0 Å². The Morgan fingerprint density at radius 1 is 1.00 bits per heavy atom. The topological polar surface area (TPSA) is 65.7 Å². The summed E-state index contributed by atoms with van der Waals surface area (Å²) >= 11 is 0. The van der Waals surface area contributed by atoms with Gasteiger partial charge in [-0.1, -0.05) is 0 Å². The van der Waals surface area contributed by atoms with Crippen LogP contribution < -0.4 is 15.1 Å². The number of ether oxygens (including phenoxy) is 2. The van der Waals surface area contributed by atoms with Gasteiger partial charge in [-0.2, -0.15) is 0 Å². The van der Waals surface area contributed by atoms with Crippen LogP contribution in [0.2, 0.25) is 0 Å². The van der Waals surface area contributed by atoms with Gasteiger partial charge in [-0.15, -0.1) is 0 Å². The molecule has 3 rings (SSSR count). The van der Waals surface area contributed by atoms with Gasteiger partial charge in [-0.25, -0.2) is 4.79 Å². The monoisotopic (exact) mass is 324 g/mol. The molecule has 0 aliphatic carbocycles. The molecule has 0 saturated carbocycles. The van der Waals surface area contributed by atoms with Gasteiger partial charge in [0.05, 0.1) is 7.11 Å². The lowest BCUT2D eigenvalue weighted by Crippen LogP contribution is -2.23. The second-order valence-electron chi connectivity index (χ2n) is 5.31. The largest absolute Gasteiger partial charge is 0.497 e. The maximum absolute atomic E-state index is 12.4. The molecule has 2 aromatic carbocycles. The predicted molar refractivity (Wildman–Crippen MR) is 89.9 cm³/mol. The highest BCUT2D eigenvalue weighted by Crippen LogP contribution is 2.21. The molecule has 0 bridgehead atoms. The Morgan fingerprint density at radius 2 is 1.67 bits per heavy atom. The van der Waals surface area contributed by atoms with E-state index in [1.165, 1.54) is 6.07 Å². The molecule has 0 saturated heterocycles. The fraction of sp³-hybridized carbons (Fsp3) is 0.158. The molecule has 0 radical (unpaired) electrons. The first-order valence-corrected chi connectivity index (χ1v) is 7.45. The molecule has 0 amide bonds. The number of ketones is 1. The number of fused-ring (bicyclic) bond motifs is 1. The lowest BCUT2D eigenvalue weighted by molar-refractivity contribution is 0.0818. The molecule has 24 heavy (non-hydrogen) atoms. The molecule has 0 aliphatic rings. The van der Waals surface area contributed by atoms with Gasteiger partial charge in [0.15, 0.2) is 6.10 Å². The van der Waals surface area contributed by atoms with Crippen LogP contribution in [0.25, 0.3) is 11.0 Å². The first kappa shape index (κ1) is 15.8. The Kier molecular flexibility index (Phi) is 4.33. The predicted octanol–water partition coefficient (Wildman–Crippen LogP) is 3.45. The molecule has 0 aliphatic heterocycles. The minimum absolute atomic E-state index is 0.146. The van der Waals surface area contributed by atoms with Crippen LogP contribution in [-0.2, 0) is 0 Å². The Labute approximate surface area is 138 Å². The van der Waals surface area contributed by atoms with Crippen molar-refractivity contribution in [2.24, 2.45) is 0 Å². The van der Waals surface area contributed by atoms with Crippen molar-refractivity contribution >= 4 is 16.8 Å². The third kappa shape index (κ3) is 3.30. The average Bonchev–Trinajstić information content (AvgIpc) is 2.60. The maximum atomic E-state index is 12.4. The van der Waals surface area contributed by atoms with Crippen molar-refractivity contribution in [3.63, 3.8) is 0 Å². The summed E-state index contributed by atoms with van der Waals surface area (Å²) in [5.74, 6) is 1.00. The van der Waals surface area contributed by atoms with Crippen molar-refractivity contribution in [2.45, 2.75) is 13.0 Å².